The molecule has 5 nitrogen and oxygen atoms in total. The van der Waals surface area contributed by atoms with E-state index in [4.69, 9.17) is 14.2 Å². The molecular weight excluding hydrogens is 422 g/mol. The van der Waals surface area contributed by atoms with E-state index in [1.165, 1.54) is 0 Å². The lowest BCUT2D eigenvalue weighted by Crippen LogP contribution is -2.16. The van der Waals surface area contributed by atoms with Crippen LogP contribution < -0.4 is 14.8 Å². The van der Waals surface area contributed by atoms with Crippen molar-refractivity contribution in [2.24, 2.45) is 0 Å². The number of hydrogen-bond donors (Lipinski definition) is 1. The molecule has 28 heavy (non-hydrogen) atoms. The minimum absolute atomic E-state index is 0.129. The molecule has 1 aliphatic heterocycles. The zero-order chi connectivity index (χ0) is 19.9. The molecule has 1 amide bonds. The quantitative estimate of drug-likeness (QED) is 0.585. The molecule has 2 aromatic carbocycles. The highest BCUT2D eigenvalue weighted by Gasteiger charge is 2.17. The molecule has 6 heteroatoms. The molecule has 0 saturated carbocycles. The first-order chi connectivity index (χ1) is 13.5. The summed E-state index contributed by atoms with van der Waals surface area (Å²) in [6.07, 6.45) is 3.31. The van der Waals surface area contributed by atoms with Gasteiger partial charge in [-0.2, -0.15) is 0 Å². The molecule has 2 unspecified atom stereocenters. The number of ether oxygens (including phenoxy) is 3. The van der Waals surface area contributed by atoms with Crippen LogP contribution in [0, 0.1) is 0 Å². The summed E-state index contributed by atoms with van der Waals surface area (Å²) in [5.74, 6) is 1.26. The van der Waals surface area contributed by atoms with Crippen LogP contribution >= 0.6 is 15.9 Å². The lowest BCUT2D eigenvalue weighted by atomic mass is 10.2. The van der Waals surface area contributed by atoms with Gasteiger partial charge in [-0.15, -0.1) is 0 Å². The fourth-order valence-corrected chi connectivity index (χ4v) is 3.38. The summed E-state index contributed by atoms with van der Waals surface area (Å²) in [7, 11) is 0. The fraction of sp³-hybridized carbons (Fsp3) is 0.409. The summed E-state index contributed by atoms with van der Waals surface area (Å²) < 4.78 is 17.9. The molecule has 3 rings (SSSR count). The van der Waals surface area contributed by atoms with Crippen molar-refractivity contribution in [2.45, 2.75) is 45.3 Å². The molecule has 1 saturated heterocycles. The highest BCUT2D eigenvalue weighted by molar-refractivity contribution is 9.10. The average molecular weight is 448 g/mol. The van der Waals surface area contributed by atoms with Crippen molar-refractivity contribution >= 4 is 27.5 Å². The highest BCUT2D eigenvalue weighted by Crippen LogP contribution is 2.28. The van der Waals surface area contributed by atoms with Crippen molar-refractivity contribution in [3.8, 4) is 11.5 Å². The Morgan fingerprint density at radius 1 is 1.32 bits per heavy atom. The summed E-state index contributed by atoms with van der Waals surface area (Å²) in [5.41, 5.74) is 1.24. The summed E-state index contributed by atoms with van der Waals surface area (Å²) in [6, 6.07) is 12.7. The SMILES string of the molecule is CCC(C)Oc1cccc(NC(=O)c2ccc(OCC3CCCO3)c(Br)c2)c1. The second kappa shape index (κ2) is 9.94. The van der Waals surface area contributed by atoms with E-state index in [0.29, 0.717) is 23.6 Å². The van der Waals surface area contributed by atoms with E-state index < -0.39 is 0 Å². The van der Waals surface area contributed by atoms with E-state index in [9.17, 15) is 4.79 Å². The van der Waals surface area contributed by atoms with Crippen molar-refractivity contribution in [1.82, 2.24) is 0 Å². The van der Waals surface area contributed by atoms with Gasteiger partial charge in [0.2, 0.25) is 0 Å². The number of carbonyl (C=O) groups excluding carboxylic acids is 1. The Balaban J connectivity index is 1.61. The van der Waals surface area contributed by atoms with Crippen LogP contribution in [-0.4, -0.2) is 31.3 Å². The molecule has 0 aromatic heterocycles. The lowest BCUT2D eigenvalue weighted by molar-refractivity contribution is 0.0677. The smallest absolute Gasteiger partial charge is 0.255 e. The zero-order valence-corrected chi connectivity index (χ0v) is 17.8. The van der Waals surface area contributed by atoms with Crippen molar-refractivity contribution in [2.75, 3.05) is 18.5 Å². The molecule has 2 aromatic rings. The second-order valence-corrected chi connectivity index (χ2v) is 7.76. The molecule has 0 spiro atoms. The molecular formula is C22H26BrNO4. The van der Waals surface area contributed by atoms with Crippen molar-refractivity contribution in [1.29, 1.82) is 0 Å². The monoisotopic (exact) mass is 447 g/mol. The Labute approximate surface area is 174 Å². The minimum atomic E-state index is -0.188. The van der Waals surface area contributed by atoms with Crippen molar-refractivity contribution in [3.05, 3.63) is 52.5 Å². The topological polar surface area (TPSA) is 56.8 Å². The Bertz CT molecular complexity index is 805. The lowest BCUT2D eigenvalue weighted by Gasteiger charge is -2.14. The third-order valence-corrected chi connectivity index (χ3v) is 5.27. The summed E-state index contributed by atoms with van der Waals surface area (Å²) >= 11 is 3.49. The number of nitrogens with one attached hydrogen (secondary N) is 1. The maximum absolute atomic E-state index is 12.6. The van der Waals surface area contributed by atoms with Crippen LogP contribution in [0.1, 0.15) is 43.5 Å². The molecule has 0 aliphatic carbocycles. The zero-order valence-electron chi connectivity index (χ0n) is 16.2. The van der Waals surface area contributed by atoms with Gasteiger partial charge in [0.15, 0.2) is 0 Å². The van der Waals surface area contributed by atoms with Gasteiger partial charge >= 0.3 is 0 Å². The molecule has 150 valence electrons. The summed E-state index contributed by atoms with van der Waals surface area (Å²) in [5, 5.41) is 2.91. The van der Waals surface area contributed by atoms with Crippen LogP contribution in [0.25, 0.3) is 0 Å². The van der Waals surface area contributed by atoms with E-state index in [1.54, 1.807) is 18.2 Å². The minimum Gasteiger partial charge on any atom is -0.491 e. The van der Waals surface area contributed by atoms with Gasteiger partial charge in [0.05, 0.1) is 16.7 Å². The maximum Gasteiger partial charge on any atom is 0.255 e. The fourth-order valence-electron chi connectivity index (χ4n) is 2.88. The second-order valence-electron chi connectivity index (χ2n) is 6.91. The molecule has 1 fully saturated rings. The number of amides is 1. The molecule has 1 aliphatic rings. The van der Waals surface area contributed by atoms with Crippen molar-refractivity contribution < 1.29 is 19.0 Å². The van der Waals surface area contributed by atoms with Gasteiger partial charge in [0.1, 0.15) is 18.1 Å². The molecule has 1 heterocycles. The third kappa shape index (κ3) is 5.72. The standard InChI is InChI=1S/C22H26BrNO4/c1-3-15(2)28-18-7-4-6-17(13-18)24-22(25)16-9-10-21(20(23)12-16)27-14-19-8-5-11-26-19/h4,6-7,9-10,12-13,15,19H,3,5,8,11,14H2,1-2H3,(H,24,25). The van der Waals surface area contributed by atoms with E-state index in [-0.39, 0.29) is 18.1 Å². The number of carbonyl (C=O) groups is 1. The number of hydrogen-bond acceptors (Lipinski definition) is 4. The number of anilines is 1. The third-order valence-electron chi connectivity index (χ3n) is 4.65. The van der Waals surface area contributed by atoms with E-state index in [0.717, 1.165) is 36.1 Å². The van der Waals surface area contributed by atoms with E-state index >= 15 is 0 Å². The molecule has 1 N–H and O–H groups in total. The first-order valence-corrected chi connectivity index (χ1v) is 10.5. The predicted molar refractivity (Wildman–Crippen MR) is 113 cm³/mol. The molecule has 2 atom stereocenters. The number of benzene rings is 2. The Kier molecular flexibility index (Phi) is 7.34. The first kappa shape index (κ1) is 20.7. The first-order valence-electron chi connectivity index (χ1n) is 9.67. The van der Waals surface area contributed by atoms with Gasteiger partial charge in [-0.05, 0) is 72.4 Å². The normalized spacial score (nSPS) is 17.2. The van der Waals surface area contributed by atoms with Crippen LogP contribution in [-0.2, 0) is 4.74 Å². The van der Waals surface area contributed by atoms with Crippen LogP contribution in [0.5, 0.6) is 11.5 Å². The highest BCUT2D eigenvalue weighted by atomic mass is 79.9. The maximum atomic E-state index is 12.6. The van der Waals surface area contributed by atoms with Gasteiger partial charge in [0, 0.05) is 23.9 Å². The Morgan fingerprint density at radius 2 is 2.18 bits per heavy atom. The van der Waals surface area contributed by atoms with Gasteiger partial charge in [-0.3, -0.25) is 4.79 Å². The molecule has 0 radical (unpaired) electrons. The van der Waals surface area contributed by atoms with Crippen molar-refractivity contribution in [3.63, 3.8) is 0 Å². The van der Waals surface area contributed by atoms with Gasteiger partial charge in [-0.1, -0.05) is 13.0 Å². The average Bonchev–Trinajstić information content (AvgIpc) is 3.20. The Morgan fingerprint density at radius 3 is 2.89 bits per heavy atom. The number of rotatable bonds is 8. The Hall–Kier alpha value is -2.05. The molecule has 0 bridgehead atoms. The van der Waals surface area contributed by atoms with Crippen LogP contribution in [0.4, 0.5) is 5.69 Å². The summed E-state index contributed by atoms with van der Waals surface area (Å²) in [4.78, 5) is 12.6. The van der Waals surface area contributed by atoms with E-state index in [1.807, 2.05) is 31.2 Å². The van der Waals surface area contributed by atoms with Crippen LogP contribution in [0.15, 0.2) is 46.9 Å². The van der Waals surface area contributed by atoms with Crippen LogP contribution in [0.3, 0.4) is 0 Å². The van der Waals surface area contributed by atoms with Gasteiger partial charge < -0.3 is 19.5 Å². The van der Waals surface area contributed by atoms with Gasteiger partial charge in [0.25, 0.3) is 5.91 Å². The summed E-state index contributed by atoms with van der Waals surface area (Å²) in [6.45, 7) is 5.42. The van der Waals surface area contributed by atoms with Gasteiger partial charge in [-0.25, -0.2) is 0 Å². The van der Waals surface area contributed by atoms with E-state index in [2.05, 4.69) is 28.2 Å². The predicted octanol–water partition coefficient (Wildman–Crippen LogP) is 5.44. The number of halogens is 1. The van der Waals surface area contributed by atoms with Crippen LogP contribution in [0.2, 0.25) is 0 Å². The largest absolute Gasteiger partial charge is 0.491 e.